The molecule has 0 bridgehead atoms. The second kappa shape index (κ2) is 13.5. The van der Waals surface area contributed by atoms with E-state index in [1.54, 1.807) is 0 Å². The molecule has 0 aromatic rings. The summed E-state index contributed by atoms with van der Waals surface area (Å²) in [5.41, 5.74) is 0. The molecule has 6 heteroatoms. The normalized spacial score (nSPS) is 8.88. The van der Waals surface area contributed by atoms with Crippen LogP contribution in [0.1, 0.15) is 33.6 Å². The van der Waals surface area contributed by atoms with Gasteiger partial charge in [-0.25, -0.2) is 0 Å². The summed E-state index contributed by atoms with van der Waals surface area (Å²) in [6.07, 6.45) is 1.15. The summed E-state index contributed by atoms with van der Waals surface area (Å²) in [5, 5.41) is 6.24. The first kappa shape index (κ1) is 18.8. The van der Waals surface area contributed by atoms with Crippen LogP contribution in [0.4, 0.5) is 0 Å². The number of carbonyl (C=O) groups is 1. The van der Waals surface area contributed by atoms with Crippen molar-refractivity contribution in [3.63, 3.8) is 0 Å². The van der Waals surface area contributed by atoms with Crippen LogP contribution < -0.4 is 10.6 Å². The maximum absolute atomic E-state index is 11.0. The zero-order chi connectivity index (χ0) is 12.2. The lowest BCUT2D eigenvalue weighted by atomic mass is 10.3. The van der Waals surface area contributed by atoms with E-state index in [0.717, 1.165) is 25.5 Å². The Labute approximate surface area is 121 Å². The summed E-state index contributed by atoms with van der Waals surface area (Å²) in [4.78, 5) is 15.4. The van der Waals surface area contributed by atoms with E-state index >= 15 is 0 Å². The Morgan fingerprint density at radius 1 is 1.18 bits per heavy atom. The molecule has 0 fully saturated rings. The molecular formula is C11H24IN3O2. The summed E-state index contributed by atoms with van der Waals surface area (Å²) in [7, 11) is 0. The third-order valence-electron chi connectivity index (χ3n) is 1.80. The average Bonchev–Trinajstić information content (AvgIpc) is 2.25. The zero-order valence-electron chi connectivity index (χ0n) is 10.9. The first-order chi connectivity index (χ1) is 7.74. The van der Waals surface area contributed by atoms with Crippen LogP contribution in [0.25, 0.3) is 0 Å². The van der Waals surface area contributed by atoms with Crippen molar-refractivity contribution in [2.45, 2.75) is 33.6 Å². The topological polar surface area (TPSA) is 62.7 Å². The quantitative estimate of drug-likeness (QED) is 0.239. The number of nitrogens with one attached hydrogen (secondary N) is 2. The molecule has 0 radical (unpaired) electrons. The minimum atomic E-state index is -0.147. The maximum atomic E-state index is 11.0. The van der Waals surface area contributed by atoms with Crippen LogP contribution in [0, 0.1) is 0 Å². The van der Waals surface area contributed by atoms with Gasteiger partial charge in [0.1, 0.15) is 0 Å². The monoisotopic (exact) mass is 357 g/mol. The SMILES string of the molecule is CCNC(=NCCCC(=O)OCC)NCC.I. The third kappa shape index (κ3) is 11.7. The predicted molar refractivity (Wildman–Crippen MR) is 80.9 cm³/mol. The van der Waals surface area contributed by atoms with Crippen molar-refractivity contribution in [1.82, 2.24) is 10.6 Å². The van der Waals surface area contributed by atoms with Gasteiger partial charge >= 0.3 is 5.97 Å². The molecule has 102 valence electrons. The predicted octanol–water partition coefficient (Wildman–Crippen LogP) is 1.52. The van der Waals surface area contributed by atoms with Gasteiger partial charge in [0, 0.05) is 26.1 Å². The maximum Gasteiger partial charge on any atom is 0.305 e. The lowest BCUT2D eigenvalue weighted by Gasteiger charge is -2.08. The number of guanidine groups is 1. The molecule has 0 saturated carbocycles. The van der Waals surface area contributed by atoms with Crippen LogP contribution in [0.3, 0.4) is 0 Å². The van der Waals surface area contributed by atoms with Crippen LogP contribution in [0.2, 0.25) is 0 Å². The first-order valence-electron chi connectivity index (χ1n) is 5.92. The largest absolute Gasteiger partial charge is 0.466 e. The highest BCUT2D eigenvalue weighted by atomic mass is 127. The summed E-state index contributed by atoms with van der Waals surface area (Å²) in [6.45, 7) is 8.60. The van der Waals surface area contributed by atoms with Crippen molar-refractivity contribution >= 4 is 35.9 Å². The number of rotatable bonds is 7. The van der Waals surface area contributed by atoms with Crippen LogP contribution >= 0.6 is 24.0 Å². The van der Waals surface area contributed by atoms with Crippen molar-refractivity contribution in [1.29, 1.82) is 0 Å². The molecule has 0 aliphatic carbocycles. The molecule has 17 heavy (non-hydrogen) atoms. The van der Waals surface area contributed by atoms with Crippen molar-refractivity contribution in [2.24, 2.45) is 4.99 Å². The van der Waals surface area contributed by atoms with E-state index in [2.05, 4.69) is 15.6 Å². The molecule has 5 nitrogen and oxygen atoms in total. The summed E-state index contributed by atoms with van der Waals surface area (Å²) in [6, 6.07) is 0. The number of nitrogens with zero attached hydrogens (tertiary/aromatic N) is 1. The van der Waals surface area contributed by atoms with Gasteiger partial charge in [0.15, 0.2) is 5.96 Å². The van der Waals surface area contributed by atoms with Gasteiger partial charge in [0.2, 0.25) is 0 Å². The van der Waals surface area contributed by atoms with Crippen LogP contribution in [0.15, 0.2) is 4.99 Å². The molecule has 0 atom stereocenters. The molecule has 2 N–H and O–H groups in total. The van der Waals surface area contributed by atoms with Gasteiger partial charge in [-0.2, -0.15) is 0 Å². The first-order valence-corrected chi connectivity index (χ1v) is 5.92. The average molecular weight is 357 g/mol. The van der Waals surface area contributed by atoms with Gasteiger partial charge in [-0.15, -0.1) is 24.0 Å². The van der Waals surface area contributed by atoms with Crippen molar-refractivity contribution in [3.8, 4) is 0 Å². The number of carbonyl (C=O) groups excluding carboxylic acids is 1. The van der Waals surface area contributed by atoms with Crippen LogP contribution in [-0.2, 0) is 9.53 Å². The minimum Gasteiger partial charge on any atom is -0.466 e. The Kier molecular flexibility index (Phi) is 15.0. The standard InChI is InChI=1S/C11H23N3O2.HI/c1-4-12-11(13-5-2)14-9-7-8-10(15)16-6-3;/h4-9H2,1-3H3,(H2,12,13,14);1H. The molecule has 0 heterocycles. The van der Waals surface area contributed by atoms with Crippen LogP contribution in [0.5, 0.6) is 0 Å². The molecule has 0 rings (SSSR count). The number of hydrogen-bond acceptors (Lipinski definition) is 3. The molecule has 0 aromatic carbocycles. The molecule has 0 aromatic heterocycles. The van der Waals surface area contributed by atoms with E-state index in [-0.39, 0.29) is 29.9 Å². The third-order valence-corrected chi connectivity index (χ3v) is 1.80. The van der Waals surface area contributed by atoms with Crippen molar-refractivity contribution in [3.05, 3.63) is 0 Å². The Hall–Kier alpha value is -0.530. The fourth-order valence-electron chi connectivity index (χ4n) is 1.16. The molecule has 0 amide bonds. The summed E-state index contributed by atoms with van der Waals surface area (Å²) >= 11 is 0. The number of ether oxygens (including phenoxy) is 1. The Bertz CT molecular complexity index is 215. The second-order valence-electron chi connectivity index (χ2n) is 3.20. The Morgan fingerprint density at radius 2 is 1.76 bits per heavy atom. The lowest BCUT2D eigenvalue weighted by molar-refractivity contribution is -0.143. The molecule has 0 saturated heterocycles. The smallest absolute Gasteiger partial charge is 0.305 e. The van der Waals surface area contributed by atoms with E-state index in [9.17, 15) is 4.79 Å². The van der Waals surface area contributed by atoms with Gasteiger partial charge in [-0.05, 0) is 27.2 Å². The molecule has 0 aliphatic rings. The molecular weight excluding hydrogens is 333 g/mol. The van der Waals surface area contributed by atoms with Crippen molar-refractivity contribution < 1.29 is 9.53 Å². The lowest BCUT2D eigenvalue weighted by Crippen LogP contribution is -2.37. The van der Waals surface area contributed by atoms with Gasteiger partial charge in [-0.3, -0.25) is 9.79 Å². The van der Waals surface area contributed by atoms with Gasteiger partial charge in [-0.1, -0.05) is 0 Å². The fourth-order valence-corrected chi connectivity index (χ4v) is 1.16. The number of esters is 1. The van der Waals surface area contributed by atoms with Crippen LogP contribution in [-0.4, -0.2) is 38.2 Å². The molecule has 0 spiro atoms. The van der Waals surface area contributed by atoms with Gasteiger partial charge in [0.05, 0.1) is 6.61 Å². The highest BCUT2D eigenvalue weighted by molar-refractivity contribution is 14.0. The minimum absolute atomic E-state index is 0. The molecule has 0 unspecified atom stereocenters. The van der Waals surface area contributed by atoms with E-state index in [4.69, 9.17) is 4.74 Å². The van der Waals surface area contributed by atoms with E-state index < -0.39 is 0 Å². The van der Waals surface area contributed by atoms with Gasteiger partial charge < -0.3 is 15.4 Å². The van der Waals surface area contributed by atoms with E-state index in [0.29, 0.717) is 19.6 Å². The summed E-state index contributed by atoms with van der Waals surface area (Å²) < 4.78 is 4.83. The summed E-state index contributed by atoms with van der Waals surface area (Å²) in [5.74, 6) is 0.653. The zero-order valence-corrected chi connectivity index (χ0v) is 13.2. The van der Waals surface area contributed by atoms with Gasteiger partial charge in [0.25, 0.3) is 0 Å². The van der Waals surface area contributed by atoms with Crippen molar-refractivity contribution in [2.75, 3.05) is 26.2 Å². The Balaban J connectivity index is 0. The van der Waals surface area contributed by atoms with E-state index in [1.165, 1.54) is 0 Å². The fraction of sp³-hybridized carbons (Fsp3) is 0.818. The number of aliphatic imine (C=N–C) groups is 1. The highest BCUT2D eigenvalue weighted by Gasteiger charge is 2.00. The van der Waals surface area contributed by atoms with E-state index in [1.807, 2.05) is 20.8 Å². The second-order valence-corrected chi connectivity index (χ2v) is 3.20. The number of hydrogen-bond donors (Lipinski definition) is 2. The number of halogens is 1. The highest BCUT2D eigenvalue weighted by Crippen LogP contribution is 1.93. The molecule has 0 aliphatic heterocycles. The Morgan fingerprint density at radius 3 is 2.24 bits per heavy atom.